The van der Waals surface area contributed by atoms with E-state index in [0.29, 0.717) is 20.8 Å². The number of halogens is 2. The maximum atomic E-state index is 11.9. The molecular formula is C13H9Cl2NO3S2. The Hall–Kier alpha value is -1.34. The molecule has 2 aromatic rings. The summed E-state index contributed by atoms with van der Waals surface area (Å²) in [5, 5.41) is 13.1. The maximum absolute atomic E-state index is 11.9. The number of carboxylic acid groups (broad SMARTS) is 1. The number of aliphatic carboxylic acids is 1. The van der Waals surface area contributed by atoms with Crippen molar-refractivity contribution in [2.75, 3.05) is 0 Å². The molecule has 0 saturated heterocycles. The normalized spacial score (nSPS) is 11.0. The van der Waals surface area contributed by atoms with Gasteiger partial charge in [0.15, 0.2) is 0 Å². The first-order chi connectivity index (χ1) is 9.95. The topological polar surface area (TPSA) is 66.4 Å². The smallest absolute Gasteiger partial charge is 0.328 e. The van der Waals surface area contributed by atoms with E-state index in [9.17, 15) is 9.59 Å². The van der Waals surface area contributed by atoms with E-state index in [4.69, 9.17) is 28.3 Å². The SMILES string of the molecule is O=C(O)/C=C/c1csc(CNC(=O)c2cc(Cl)sc2Cl)c1. The van der Waals surface area contributed by atoms with Gasteiger partial charge >= 0.3 is 5.97 Å². The van der Waals surface area contributed by atoms with E-state index < -0.39 is 5.97 Å². The monoisotopic (exact) mass is 361 g/mol. The fourth-order valence-electron chi connectivity index (χ4n) is 1.50. The summed E-state index contributed by atoms with van der Waals surface area (Å²) in [5.41, 5.74) is 1.14. The molecule has 0 aliphatic heterocycles. The van der Waals surface area contributed by atoms with Gasteiger partial charge < -0.3 is 10.4 Å². The van der Waals surface area contributed by atoms with E-state index >= 15 is 0 Å². The molecular weight excluding hydrogens is 353 g/mol. The first kappa shape index (κ1) is 16.0. The van der Waals surface area contributed by atoms with Crippen LogP contribution in [0.25, 0.3) is 6.08 Å². The molecule has 2 heterocycles. The molecule has 0 aromatic carbocycles. The Morgan fingerprint density at radius 3 is 2.71 bits per heavy atom. The van der Waals surface area contributed by atoms with Crippen LogP contribution in [0.2, 0.25) is 8.67 Å². The van der Waals surface area contributed by atoms with E-state index in [1.54, 1.807) is 0 Å². The molecule has 0 radical (unpaired) electrons. The third-order valence-electron chi connectivity index (χ3n) is 2.42. The van der Waals surface area contributed by atoms with Gasteiger partial charge in [0.25, 0.3) is 5.91 Å². The van der Waals surface area contributed by atoms with Crippen molar-refractivity contribution >= 4 is 63.8 Å². The van der Waals surface area contributed by atoms with Crippen LogP contribution in [0.5, 0.6) is 0 Å². The lowest BCUT2D eigenvalue weighted by Gasteiger charge is -2.01. The number of carboxylic acids is 1. The summed E-state index contributed by atoms with van der Waals surface area (Å²) < 4.78 is 0.816. The van der Waals surface area contributed by atoms with E-state index in [2.05, 4.69) is 5.32 Å². The Labute approximate surface area is 138 Å². The average molecular weight is 362 g/mol. The van der Waals surface area contributed by atoms with Crippen molar-refractivity contribution in [3.63, 3.8) is 0 Å². The number of amides is 1. The Morgan fingerprint density at radius 2 is 2.10 bits per heavy atom. The van der Waals surface area contributed by atoms with Crippen molar-refractivity contribution < 1.29 is 14.7 Å². The zero-order valence-corrected chi connectivity index (χ0v) is 13.6. The molecule has 8 heteroatoms. The van der Waals surface area contributed by atoms with Gasteiger partial charge in [-0.25, -0.2) is 4.79 Å². The van der Waals surface area contributed by atoms with Crippen LogP contribution < -0.4 is 5.32 Å². The van der Waals surface area contributed by atoms with Gasteiger partial charge in [-0.2, -0.15) is 0 Å². The second kappa shape index (κ2) is 7.09. The molecule has 110 valence electrons. The van der Waals surface area contributed by atoms with E-state index in [-0.39, 0.29) is 5.91 Å². The third kappa shape index (κ3) is 4.57. The molecule has 2 N–H and O–H groups in total. The van der Waals surface area contributed by atoms with Crippen LogP contribution in [0.4, 0.5) is 0 Å². The largest absolute Gasteiger partial charge is 0.478 e. The molecule has 0 aliphatic carbocycles. The number of rotatable bonds is 5. The van der Waals surface area contributed by atoms with E-state index in [1.165, 1.54) is 23.5 Å². The highest BCUT2D eigenvalue weighted by Gasteiger charge is 2.14. The molecule has 1 amide bonds. The highest BCUT2D eigenvalue weighted by atomic mass is 35.5. The summed E-state index contributed by atoms with van der Waals surface area (Å²) in [5.74, 6) is -1.29. The van der Waals surface area contributed by atoms with E-state index in [1.807, 2.05) is 11.4 Å². The zero-order valence-electron chi connectivity index (χ0n) is 10.4. The number of carbonyl (C=O) groups excluding carboxylic acids is 1. The molecule has 2 aromatic heterocycles. The predicted octanol–water partition coefficient (Wildman–Crippen LogP) is 4.14. The molecule has 0 fully saturated rings. The van der Waals surface area contributed by atoms with Crippen LogP contribution in [-0.2, 0) is 11.3 Å². The second-order valence-electron chi connectivity index (χ2n) is 3.94. The highest BCUT2D eigenvalue weighted by Crippen LogP contribution is 2.31. The van der Waals surface area contributed by atoms with Gasteiger partial charge in [-0.3, -0.25) is 4.79 Å². The van der Waals surface area contributed by atoms with Crippen LogP contribution in [-0.4, -0.2) is 17.0 Å². The zero-order chi connectivity index (χ0) is 15.4. The first-order valence-electron chi connectivity index (χ1n) is 5.67. The highest BCUT2D eigenvalue weighted by molar-refractivity contribution is 7.20. The standard InChI is InChI=1S/C13H9Cl2NO3S2/c14-10-4-9(12(15)21-10)13(19)16-5-8-3-7(6-20-8)1-2-11(17)18/h1-4,6H,5H2,(H,16,19)(H,17,18)/b2-1+. The molecule has 0 unspecified atom stereocenters. The first-order valence-corrected chi connectivity index (χ1v) is 8.12. The van der Waals surface area contributed by atoms with Crippen molar-refractivity contribution in [3.8, 4) is 0 Å². The quantitative estimate of drug-likeness (QED) is 0.786. The van der Waals surface area contributed by atoms with Crippen molar-refractivity contribution in [1.82, 2.24) is 5.32 Å². The Kier molecular flexibility index (Phi) is 5.41. The third-order valence-corrected chi connectivity index (χ3v) is 4.86. The van der Waals surface area contributed by atoms with Crippen LogP contribution in [0.15, 0.2) is 23.6 Å². The van der Waals surface area contributed by atoms with Crippen LogP contribution >= 0.6 is 45.9 Å². The molecule has 21 heavy (non-hydrogen) atoms. The summed E-state index contributed by atoms with van der Waals surface area (Å²) in [6.45, 7) is 0.341. The minimum absolute atomic E-state index is 0.292. The Bertz CT molecular complexity index is 706. The average Bonchev–Trinajstić information content (AvgIpc) is 3.00. The fourth-order valence-corrected chi connectivity index (χ4v) is 3.75. The lowest BCUT2D eigenvalue weighted by molar-refractivity contribution is -0.131. The maximum Gasteiger partial charge on any atom is 0.328 e. The molecule has 0 saturated carbocycles. The molecule has 2 rings (SSSR count). The minimum Gasteiger partial charge on any atom is -0.478 e. The number of hydrogen-bond donors (Lipinski definition) is 2. The molecule has 0 spiro atoms. The van der Waals surface area contributed by atoms with Crippen LogP contribution in [0.3, 0.4) is 0 Å². The lowest BCUT2D eigenvalue weighted by Crippen LogP contribution is -2.21. The summed E-state index contributed by atoms with van der Waals surface area (Å²) >= 11 is 14.3. The van der Waals surface area contributed by atoms with Gasteiger partial charge in [-0.05, 0) is 29.2 Å². The van der Waals surface area contributed by atoms with Gasteiger partial charge in [0.1, 0.15) is 4.34 Å². The summed E-state index contributed by atoms with van der Waals surface area (Å²) in [7, 11) is 0. The lowest BCUT2D eigenvalue weighted by atomic mass is 10.2. The van der Waals surface area contributed by atoms with Crippen molar-refractivity contribution in [2.24, 2.45) is 0 Å². The Morgan fingerprint density at radius 1 is 1.33 bits per heavy atom. The van der Waals surface area contributed by atoms with Crippen molar-refractivity contribution in [3.05, 3.63) is 48.3 Å². The number of nitrogens with one attached hydrogen (secondary N) is 1. The number of hydrogen-bond acceptors (Lipinski definition) is 4. The van der Waals surface area contributed by atoms with E-state index in [0.717, 1.165) is 27.9 Å². The summed E-state index contributed by atoms with van der Waals surface area (Å²) in [6.07, 6.45) is 2.57. The summed E-state index contributed by atoms with van der Waals surface area (Å²) in [6, 6.07) is 3.34. The molecule has 0 atom stereocenters. The number of thiophene rings is 2. The van der Waals surface area contributed by atoms with Crippen molar-refractivity contribution in [2.45, 2.75) is 6.54 Å². The van der Waals surface area contributed by atoms with Gasteiger partial charge in [0.2, 0.25) is 0 Å². The minimum atomic E-state index is -1.000. The molecule has 0 bridgehead atoms. The van der Waals surface area contributed by atoms with Gasteiger partial charge in [-0.15, -0.1) is 22.7 Å². The van der Waals surface area contributed by atoms with Crippen LogP contribution in [0.1, 0.15) is 20.8 Å². The molecule has 4 nitrogen and oxygen atoms in total. The summed E-state index contributed by atoms with van der Waals surface area (Å²) in [4.78, 5) is 23.3. The second-order valence-corrected chi connectivity index (χ2v) is 7.22. The fraction of sp³-hybridized carbons (Fsp3) is 0.0769. The predicted molar refractivity (Wildman–Crippen MR) is 86.5 cm³/mol. The van der Waals surface area contributed by atoms with Gasteiger partial charge in [0, 0.05) is 11.0 Å². The Balaban J connectivity index is 1.95. The van der Waals surface area contributed by atoms with Crippen molar-refractivity contribution in [1.29, 1.82) is 0 Å². The van der Waals surface area contributed by atoms with Gasteiger partial charge in [0.05, 0.1) is 16.4 Å². The van der Waals surface area contributed by atoms with Crippen LogP contribution in [0, 0.1) is 0 Å². The van der Waals surface area contributed by atoms with Gasteiger partial charge in [-0.1, -0.05) is 23.2 Å². The molecule has 0 aliphatic rings. The number of carbonyl (C=O) groups is 2.